The van der Waals surface area contributed by atoms with E-state index in [1.807, 2.05) is 0 Å². The van der Waals surface area contributed by atoms with Crippen LogP contribution in [0.3, 0.4) is 0 Å². The Bertz CT molecular complexity index is 391. The molecule has 0 heterocycles. The fourth-order valence-electron chi connectivity index (χ4n) is 1.86. The Morgan fingerprint density at radius 1 is 1.33 bits per heavy atom. The maximum atomic E-state index is 13.2. The van der Waals surface area contributed by atoms with E-state index in [4.69, 9.17) is 10.00 Å². The van der Waals surface area contributed by atoms with E-state index in [1.165, 1.54) is 25.0 Å². The van der Waals surface area contributed by atoms with Gasteiger partial charge in [0.1, 0.15) is 17.6 Å². The zero-order chi connectivity index (χ0) is 10.7. The van der Waals surface area contributed by atoms with Crippen LogP contribution in [-0.2, 0) is 0 Å². The van der Waals surface area contributed by atoms with Crippen LogP contribution in [0.5, 0.6) is 5.75 Å². The second-order valence-electron chi connectivity index (χ2n) is 3.78. The summed E-state index contributed by atoms with van der Waals surface area (Å²) in [6, 6.07) is 6.18. The molecule has 0 aromatic heterocycles. The van der Waals surface area contributed by atoms with Crippen molar-refractivity contribution in [2.24, 2.45) is 0 Å². The van der Waals surface area contributed by atoms with Gasteiger partial charge in [-0.2, -0.15) is 5.26 Å². The predicted octanol–water partition coefficient (Wildman–Crippen LogP) is 3.02. The lowest BCUT2D eigenvalue weighted by Crippen LogP contribution is -2.10. The molecule has 1 aliphatic rings. The Kier molecular flexibility index (Phi) is 2.86. The Morgan fingerprint density at radius 3 is 2.67 bits per heavy atom. The predicted molar refractivity (Wildman–Crippen MR) is 54.0 cm³/mol. The van der Waals surface area contributed by atoms with E-state index in [9.17, 15) is 4.39 Å². The summed E-state index contributed by atoms with van der Waals surface area (Å²) in [5.74, 6) is 0.0198. The van der Waals surface area contributed by atoms with Crippen LogP contribution in [0.25, 0.3) is 0 Å². The minimum absolute atomic E-state index is 0.0637. The van der Waals surface area contributed by atoms with E-state index in [2.05, 4.69) is 0 Å². The first-order valence-corrected chi connectivity index (χ1v) is 5.16. The molecule has 0 saturated heterocycles. The molecule has 0 atom stereocenters. The normalized spacial score (nSPS) is 16.3. The molecule has 78 valence electrons. The van der Waals surface area contributed by atoms with Crippen molar-refractivity contribution in [1.29, 1.82) is 5.26 Å². The maximum Gasteiger partial charge on any atom is 0.144 e. The zero-order valence-electron chi connectivity index (χ0n) is 8.37. The monoisotopic (exact) mass is 205 g/mol. The summed E-state index contributed by atoms with van der Waals surface area (Å²) in [5, 5.41) is 8.56. The minimum atomic E-state index is -0.506. The molecule has 3 heteroatoms. The van der Waals surface area contributed by atoms with Crippen molar-refractivity contribution in [3.63, 3.8) is 0 Å². The highest BCUT2D eigenvalue weighted by Gasteiger charge is 2.16. The smallest absolute Gasteiger partial charge is 0.144 e. The van der Waals surface area contributed by atoms with Gasteiger partial charge in [-0.05, 0) is 37.8 Å². The standard InChI is InChI=1S/C12H12FNO/c13-12-7-11(6-5-9(12)8-14)15-10-3-1-2-4-10/h5-7,10H,1-4H2. The van der Waals surface area contributed by atoms with Gasteiger partial charge in [-0.15, -0.1) is 0 Å². The highest BCUT2D eigenvalue weighted by atomic mass is 19.1. The molecule has 1 aliphatic carbocycles. The molecule has 2 nitrogen and oxygen atoms in total. The Balaban J connectivity index is 2.09. The van der Waals surface area contributed by atoms with Crippen molar-refractivity contribution in [2.75, 3.05) is 0 Å². The number of hydrogen-bond acceptors (Lipinski definition) is 2. The van der Waals surface area contributed by atoms with Gasteiger partial charge in [0.15, 0.2) is 0 Å². The molecule has 0 N–H and O–H groups in total. The topological polar surface area (TPSA) is 33.0 Å². The lowest BCUT2D eigenvalue weighted by molar-refractivity contribution is 0.209. The van der Waals surface area contributed by atoms with Gasteiger partial charge in [0.25, 0.3) is 0 Å². The molecule has 0 aliphatic heterocycles. The van der Waals surface area contributed by atoms with Crippen LogP contribution in [0.2, 0.25) is 0 Å². The quantitative estimate of drug-likeness (QED) is 0.743. The second kappa shape index (κ2) is 4.31. The number of halogens is 1. The van der Waals surface area contributed by atoms with Crippen LogP contribution in [0.4, 0.5) is 4.39 Å². The van der Waals surface area contributed by atoms with Gasteiger partial charge >= 0.3 is 0 Å². The van der Waals surface area contributed by atoms with Crippen LogP contribution in [0, 0.1) is 17.1 Å². The third-order valence-electron chi connectivity index (χ3n) is 2.67. The van der Waals surface area contributed by atoms with Gasteiger partial charge in [0.2, 0.25) is 0 Å². The molecule has 0 bridgehead atoms. The Labute approximate surface area is 88.3 Å². The highest BCUT2D eigenvalue weighted by Crippen LogP contribution is 2.25. The van der Waals surface area contributed by atoms with E-state index in [0.717, 1.165) is 12.8 Å². The van der Waals surface area contributed by atoms with Crippen molar-refractivity contribution in [3.05, 3.63) is 29.6 Å². The summed E-state index contributed by atoms with van der Waals surface area (Å²) < 4.78 is 18.8. The molecular weight excluding hydrogens is 193 g/mol. The van der Waals surface area contributed by atoms with Crippen molar-refractivity contribution < 1.29 is 9.13 Å². The van der Waals surface area contributed by atoms with Crippen LogP contribution >= 0.6 is 0 Å². The van der Waals surface area contributed by atoms with Gasteiger partial charge in [-0.3, -0.25) is 0 Å². The summed E-state index contributed by atoms with van der Waals surface area (Å²) in [7, 11) is 0. The van der Waals surface area contributed by atoms with Crippen molar-refractivity contribution in [3.8, 4) is 11.8 Å². The summed E-state index contributed by atoms with van der Waals surface area (Å²) in [5.41, 5.74) is 0.0637. The second-order valence-corrected chi connectivity index (χ2v) is 3.78. The average Bonchev–Trinajstić information content (AvgIpc) is 2.71. The molecule has 0 spiro atoms. The summed E-state index contributed by atoms with van der Waals surface area (Å²) >= 11 is 0. The molecule has 15 heavy (non-hydrogen) atoms. The first-order valence-electron chi connectivity index (χ1n) is 5.16. The number of rotatable bonds is 2. The van der Waals surface area contributed by atoms with Gasteiger partial charge < -0.3 is 4.74 Å². The number of hydrogen-bond donors (Lipinski definition) is 0. The van der Waals surface area contributed by atoms with Crippen molar-refractivity contribution >= 4 is 0 Å². The minimum Gasteiger partial charge on any atom is -0.490 e. The van der Waals surface area contributed by atoms with Crippen molar-refractivity contribution in [1.82, 2.24) is 0 Å². The van der Waals surface area contributed by atoms with Crippen LogP contribution in [0.1, 0.15) is 31.2 Å². The SMILES string of the molecule is N#Cc1ccc(OC2CCCC2)cc1F. The fourth-order valence-corrected chi connectivity index (χ4v) is 1.86. The van der Waals surface area contributed by atoms with Crippen LogP contribution in [0.15, 0.2) is 18.2 Å². The van der Waals surface area contributed by atoms with Gasteiger partial charge in [0.05, 0.1) is 11.7 Å². The van der Waals surface area contributed by atoms with Crippen LogP contribution < -0.4 is 4.74 Å². The molecule has 1 aromatic carbocycles. The average molecular weight is 205 g/mol. The first kappa shape index (κ1) is 9.97. The summed E-state index contributed by atoms with van der Waals surface area (Å²) in [6.07, 6.45) is 4.67. The molecule has 1 aromatic rings. The lowest BCUT2D eigenvalue weighted by Gasteiger charge is -2.12. The van der Waals surface area contributed by atoms with Crippen LogP contribution in [-0.4, -0.2) is 6.10 Å². The molecule has 1 saturated carbocycles. The molecular formula is C12H12FNO. The number of ether oxygens (including phenoxy) is 1. The molecule has 0 unspecified atom stereocenters. The number of nitrogens with zero attached hydrogens (tertiary/aromatic N) is 1. The van der Waals surface area contributed by atoms with Gasteiger partial charge in [-0.25, -0.2) is 4.39 Å². The Morgan fingerprint density at radius 2 is 2.07 bits per heavy atom. The number of benzene rings is 1. The van der Waals surface area contributed by atoms with E-state index < -0.39 is 5.82 Å². The summed E-state index contributed by atoms with van der Waals surface area (Å²) in [6.45, 7) is 0. The van der Waals surface area contributed by atoms with E-state index >= 15 is 0 Å². The Hall–Kier alpha value is -1.56. The maximum absolute atomic E-state index is 13.2. The van der Waals surface area contributed by atoms with Gasteiger partial charge in [-0.1, -0.05) is 0 Å². The van der Waals surface area contributed by atoms with E-state index in [1.54, 1.807) is 12.1 Å². The van der Waals surface area contributed by atoms with Crippen molar-refractivity contribution in [2.45, 2.75) is 31.8 Å². The van der Waals surface area contributed by atoms with E-state index in [-0.39, 0.29) is 11.7 Å². The molecule has 0 radical (unpaired) electrons. The fraction of sp³-hybridized carbons (Fsp3) is 0.417. The van der Waals surface area contributed by atoms with Gasteiger partial charge in [0, 0.05) is 6.07 Å². The lowest BCUT2D eigenvalue weighted by atomic mass is 10.2. The third kappa shape index (κ3) is 2.27. The largest absolute Gasteiger partial charge is 0.490 e. The first-order chi connectivity index (χ1) is 7.29. The zero-order valence-corrected chi connectivity index (χ0v) is 8.37. The molecule has 1 fully saturated rings. The third-order valence-corrected chi connectivity index (χ3v) is 2.67. The molecule has 0 amide bonds. The summed E-state index contributed by atoms with van der Waals surface area (Å²) in [4.78, 5) is 0. The van der Waals surface area contributed by atoms with E-state index in [0.29, 0.717) is 5.75 Å². The highest BCUT2D eigenvalue weighted by molar-refractivity contribution is 5.36. The molecule has 2 rings (SSSR count). The number of nitriles is 1.